The normalized spacial score (nSPS) is 19.2. The first-order valence-electron chi connectivity index (χ1n) is 6.49. The second-order valence-corrected chi connectivity index (χ2v) is 5.75. The third-order valence-electron chi connectivity index (χ3n) is 3.01. The molecular formula is C15H21NO2. The molecule has 18 heavy (non-hydrogen) atoms. The van der Waals surface area contributed by atoms with Gasteiger partial charge in [-0.2, -0.15) is 0 Å². The fourth-order valence-electron chi connectivity index (χ4n) is 2.32. The number of hydrogen-bond acceptors (Lipinski definition) is 3. The minimum Gasteiger partial charge on any atom is -0.460 e. The molecule has 1 aromatic carbocycles. The number of ether oxygens (including phenoxy) is 1. The zero-order valence-corrected chi connectivity index (χ0v) is 11.3. The van der Waals surface area contributed by atoms with Gasteiger partial charge in [-0.25, -0.2) is 0 Å². The Bertz CT molecular complexity index is 434. The van der Waals surface area contributed by atoms with Crippen LogP contribution in [0.1, 0.15) is 44.4 Å². The van der Waals surface area contributed by atoms with Crippen LogP contribution in [-0.2, 0) is 16.0 Å². The highest BCUT2D eigenvalue weighted by molar-refractivity contribution is 5.71. The summed E-state index contributed by atoms with van der Waals surface area (Å²) in [5.74, 6) is -0.142. The summed E-state index contributed by atoms with van der Waals surface area (Å²) >= 11 is 0. The first kappa shape index (κ1) is 13.1. The highest BCUT2D eigenvalue weighted by atomic mass is 16.6. The number of benzene rings is 1. The maximum absolute atomic E-state index is 11.9. The quantitative estimate of drug-likeness (QED) is 0.816. The number of nitrogens with one attached hydrogen (secondary N) is 1. The Balaban J connectivity index is 2.05. The molecule has 0 radical (unpaired) electrons. The van der Waals surface area contributed by atoms with Gasteiger partial charge in [0.25, 0.3) is 0 Å². The van der Waals surface area contributed by atoms with E-state index < -0.39 is 5.60 Å². The van der Waals surface area contributed by atoms with E-state index in [9.17, 15) is 4.79 Å². The Hall–Kier alpha value is -1.35. The molecule has 0 amide bonds. The van der Waals surface area contributed by atoms with Crippen molar-refractivity contribution in [1.82, 2.24) is 5.32 Å². The summed E-state index contributed by atoms with van der Waals surface area (Å²) in [6.07, 6.45) is 1.43. The van der Waals surface area contributed by atoms with Gasteiger partial charge in [-0.1, -0.05) is 24.3 Å². The third kappa shape index (κ3) is 3.33. The molecule has 3 heteroatoms. The minimum atomic E-state index is -0.411. The van der Waals surface area contributed by atoms with Gasteiger partial charge in [-0.3, -0.25) is 4.79 Å². The number of fused-ring (bicyclic) bond motifs is 1. The maximum atomic E-state index is 11.9. The number of hydrogen-bond donors (Lipinski definition) is 1. The van der Waals surface area contributed by atoms with Crippen LogP contribution in [0.2, 0.25) is 0 Å². The van der Waals surface area contributed by atoms with Gasteiger partial charge in [0.2, 0.25) is 0 Å². The van der Waals surface area contributed by atoms with Gasteiger partial charge in [0, 0.05) is 6.04 Å². The molecule has 1 atom stereocenters. The van der Waals surface area contributed by atoms with Crippen LogP contribution in [0.5, 0.6) is 0 Å². The molecular weight excluding hydrogens is 226 g/mol. The molecule has 1 aliphatic rings. The Morgan fingerprint density at radius 3 is 2.83 bits per heavy atom. The highest BCUT2D eigenvalue weighted by Crippen LogP contribution is 2.26. The zero-order chi connectivity index (χ0) is 13.2. The van der Waals surface area contributed by atoms with Crippen molar-refractivity contribution in [2.24, 2.45) is 0 Å². The van der Waals surface area contributed by atoms with Crippen LogP contribution in [-0.4, -0.2) is 18.1 Å². The van der Waals surface area contributed by atoms with E-state index in [1.54, 1.807) is 0 Å². The maximum Gasteiger partial charge on any atom is 0.308 e. The fraction of sp³-hybridized carbons (Fsp3) is 0.533. The summed E-state index contributed by atoms with van der Waals surface area (Å²) in [6.45, 7) is 6.61. The first-order chi connectivity index (χ1) is 8.46. The smallest absolute Gasteiger partial charge is 0.308 e. The summed E-state index contributed by atoms with van der Waals surface area (Å²) in [5, 5.41) is 3.39. The van der Waals surface area contributed by atoms with E-state index in [2.05, 4.69) is 23.5 Å². The Kier molecular flexibility index (Phi) is 3.71. The van der Waals surface area contributed by atoms with Gasteiger partial charge in [0.15, 0.2) is 0 Å². The van der Waals surface area contributed by atoms with Crippen LogP contribution < -0.4 is 5.32 Å². The summed E-state index contributed by atoms with van der Waals surface area (Å²) in [6, 6.07) is 8.39. The number of carbonyl (C=O) groups excluding carboxylic acids is 1. The first-order valence-corrected chi connectivity index (χ1v) is 6.49. The molecule has 1 aromatic rings. The van der Waals surface area contributed by atoms with Gasteiger partial charge in [0.05, 0.1) is 6.42 Å². The summed E-state index contributed by atoms with van der Waals surface area (Å²) in [7, 11) is 0. The lowest BCUT2D eigenvalue weighted by atomic mass is 9.92. The predicted octanol–water partition coefficient (Wildman–Crippen LogP) is 2.61. The summed E-state index contributed by atoms with van der Waals surface area (Å²) in [4.78, 5) is 11.9. The topological polar surface area (TPSA) is 38.3 Å². The van der Waals surface area contributed by atoms with Crippen molar-refractivity contribution in [3.63, 3.8) is 0 Å². The van der Waals surface area contributed by atoms with E-state index in [1.165, 1.54) is 11.1 Å². The molecule has 1 aliphatic heterocycles. The van der Waals surface area contributed by atoms with Crippen molar-refractivity contribution in [2.75, 3.05) is 6.54 Å². The van der Waals surface area contributed by atoms with Crippen LogP contribution in [0.15, 0.2) is 24.3 Å². The molecule has 1 heterocycles. The van der Waals surface area contributed by atoms with E-state index >= 15 is 0 Å². The Morgan fingerprint density at radius 2 is 2.11 bits per heavy atom. The van der Waals surface area contributed by atoms with Gasteiger partial charge in [-0.05, 0) is 44.9 Å². The van der Waals surface area contributed by atoms with Crippen LogP contribution in [0, 0.1) is 0 Å². The molecule has 0 unspecified atom stereocenters. The van der Waals surface area contributed by atoms with Crippen molar-refractivity contribution in [3.05, 3.63) is 35.4 Å². The number of esters is 1. The molecule has 0 fully saturated rings. The molecule has 0 aliphatic carbocycles. The largest absolute Gasteiger partial charge is 0.460 e. The molecule has 0 bridgehead atoms. The van der Waals surface area contributed by atoms with E-state index in [0.29, 0.717) is 6.42 Å². The predicted molar refractivity (Wildman–Crippen MR) is 71.4 cm³/mol. The summed E-state index contributed by atoms with van der Waals surface area (Å²) < 4.78 is 5.38. The van der Waals surface area contributed by atoms with Crippen molar-refractivity contribution in [2.45, 2.75) is 45.3 Å². The van der Waals surface area contributed by atoms with Crippen LogP contribution in [0.25, 0.3) is 0 Å². The average molecular weight is 247 g/mol. The van der Waals surface area contributed by atoms with Crippen molar-refractivity contribution < 1.29 is 9.53 Å². The molecule has 3 nitrogen and oxygen atoms in total. The van der Waals surface area contributed by atoms with Gasteiger partial charge >= 0.3 is 5.97 Å². The number of rotatable bonds is 2. The second kappa shape index (κ2) is 5.11. The lowest BCUT2D eigenvalue weighted by Crippen LogP contribution is -2.33. The second-order valence-electron chi connectivity index (χ2n) is 5.75. The van der Waals surface area contributed by atoms with Crippen molar-refractivity contribution in [3.8, 4) is 0 Å². The van der Waals surface area contributed by atoms with E-state index in [-0.39, 0.29) is 12.0 Å². The van der Waals surface area contributed by atoms with Crippen molar-refractivity contribution in [1.29, 1.82) is 0 Å². The molecule has 0 saturated heterocycles. The van der Waals surface area contributed by atoms with Gasteiger partial charge in [0.1, 0.15) is 5.60 Å². The van der Waals surface area contributed by atoms with Crippen LogP contribution >= 0.6 is 0 Å². The fourth-order valence-corrected chi connectivity index (χ4v) is 2.32. The molecule has 0 spiro atoms. The minimum absolute atomic E-state index is 0.0878. The lowest BCUT2D eigenvalue weighted by molar-refractivity contribution is -0.155. The Morgan fingerprint density at radius 1 is 1.39 bits per heavy atom. The lowest BCUT2D eigenvalue weighted by Gasteiger charge is -2.27. The monoisotopic (exact) mass is 247 g/mol. The Labute approximate surface area is 109 Å². The number of carbonyl (C=O) groups is 1. The van der Waals surface area contributed by atoms with Crippen LogP contribution in [0.4, 0.5) is 0 Å². The molecule has 0 aromatic heterocycles. The van der Waals surface area contributed by atoms with Crippen LogP contribution in [0.3, 0.4) is 0 Å². The van der Waals surface area contributed by atoms with Crippen molar-refractivity contribution >= 4 is 5.97 Å². The van der Waals surface area contributed by atoms with E-state index in [1.807, 2.05) is 26.8 Å². The molecule has 2 rings (SSSR count). The third-order valence-corrected chi connectivity index (χ3v) is 3.01. The standard InChI is InChI=1S/C15H21NO2/c1-15(2,3)18-14(17)10-13-12-7-5-4-6-11(12)8-9-16-13/h4-7,13,16H,8-10H2,1-3H3/t13-/m1/s1. The van der Waals surface area contributed by atoms with E-state index in [4.69, 9.17) is 4.74 Å². The zero-order valence-electron chi connectivity index (χ0n) is 11.3. The highest BCUT2D eigenvalue weighted by Gasteiger charge is 2.24. The van der Waals surface area contributed by atoms with Gasteiger partial charge < -0.3 is 10.1 Å². The average Bonchev–Trinajstić information content (AvgIpc) is 2.27. The SMILES string of the molecule is CC(C)(C)OC(=O)C[C@H]1NCCc2ccccc21. The summed E-state index contributed by atoms with van der Waals surface area (Å²) in [5.41, 5.74) is 2.16. The molecule has 98 valence electrons. The molecule has 1 N–H and O–H groups in total. The van der Waals surface area contributed by atoms with Gasteiger partial charge in [-0.15, -0.1) is 0 Å². The molecule has 0 saturated carbocycles. The van der Waals surface area contributed by atoms with E-state index in [0.717, 1.165) is 13.0 Å².